The van der Waals surface area contributed by atoms with Crippen molar-refractivity contribution >= 4 is 17.5 Å². The number of ketones is 1. The molecule has 0 N–H and O–H groups in total. The topological polar surface area (TPSA) is 29.5 Å². The van der Waals surface area contributed by atoms with Crippen LogP contribution in [0.1, 0.15) is 38.3 Å². The minimum absolute atomic E-state index is 0.192. The van der Waals surface area contributed by atoms with Crippen molar-refractivity contribution in [2.24, 2.45) is 0 Å². The van der Waals surface area contributed by atoms with Gasteiger partial charge in [0.15, 0.2) is 0 Å². The summed E-state index contributed by atoms with van der Waals surface area (Å²) in [7, 11) is 0. The van der Waals surface area contributed by atoms with Gasteiger partial charge in [0.2, 0.25) is 5.72 Å². The number of anilines is 1. The van der Waals surface area contributed by atoms with E-state index in [9.17, 15) is 4.79 Å². The molecule has 3 nitrogen and oxygen atoms in total. The molecule has 0 aliphatic carbocycles. The number of benzene rings is 2. The third kappa shape index (κ3) is 2.22. The standard InChI is InChI=1S/C22H23NO2/c1-16(24)13-15-23-19-10-6-5-9-18(19)21(2,3)22(23)14-12-17-8-4-7-11-20(17)25-22/h4-12,14H,13,15H2,1-3H3. The first kappa shape index (κ1) is 15.9. The molecule has 25 heavy (non-hydrogen) atoms. The van der Waals surface area contributed by atoms with Crippen LogP contribution in [-0.4, -0.2) is 18.1 Å². The van der Waals surface area contributed by atoms with Crippen LogP contribution in [0.2, 0.25) is 0 Å². The Labute approximate surface area is 148 Å². The lowest BCUT2D eigenvalue weighted by Gasteiger charge is -2.47. The Balaban J connectivity index is 1.86. The fourth-order valence-corrected chi connectivity index (χ4v) is 4.10. The summed E-state index contributed by atoms with van der Waals surface area (Å²) < 4.78 is 6.65. The summed E-state index contributed by atoms with van der Waals surface area (Å²) >= 11 is 0. The average molecular weight is 333 g/mol. The first-order chi connectivity index (χ1) is 12.0. The summed E-state index contributed by atoms with van der Waals surface area (Å²) in [5.41, 5.74) is 2.62. The fraction of sp³-hybridized carbons (Fsp3) is 0.318. The van der Waals surface area contributed by atoms with E-state index >= 15 is 0 Å². The number of hydrogen-bond acceptors (Lipinski definition) is 3. The molecule has 0 bridgehead atoms. The van der Waals surface area contributed by atoms with E-state index in [4.69, 9.17) is 4.74 Å². The number of carbonyl (C=O) groups excluding carboxylic acids is 1. The maximum absolute atomic E-state index is 11.7. The molecule has 0 saturated carbocycles. The van der Waals surface area contributed by atoms with Gasteiger partial charge in [-0.15, -0.1) is 0 Å². The molecule has 1 atom stereocenters. The Kier molecular flexibility index (Phi) is 3.50. The lowest BCUT2D eigenvalue weighted by Crippen LogP contribution is -2.59. The van der Waals surface area contributed by atoms with Crippen molar-refractivity contribution in [3.05, 3.63) is 65.7 Å². The van der Waals surface area contributed by atoms with Gasteiger partial charge in [-0.3, -0.25) is 4.79 Å². The van der Waals surface area contributed by atoms with E-state index in [1.165, 1.54) is 5.56 Å². The smallest absolute Gasteiger partial charge is 0.212 e. The molecule has 2 aliphatic rings. The maximum Gasteiger partial charge on any atom is 0.212 e. The molecule has 2 aliphatic heterocycles. The van der Waals surface area contributed by atoms with Crippen molar-refractivity contribution in [3.8, 4) is 5.75 Å². The Morgan fingerprint density at radius 2 is 1.80 bits per heavy atom. The van der Waals surface area contributed by atoms with Gasteiger partial charge in [0.05, 0.1) is 5.41 Å². The molecule has 3 heteroatoms. The third-order valence-corrected chi connectivity index (χ3v) is 5.53. The van der Waals surface area contributed by atoms with Gasteiger partial charge in [-0.25, -0.2) is 0 Å². The zero-order valence-electron chi connectivity index (χ0n) is 15.0. The zero-order valence-corrected chi connectivity index (χ0v) is 15.0. The van der Waals surface area contributed by atoms with Gasteiger partial charge in [-0.2, -0.15) is 0 Å². The fourth-order valence-electron chi connectivity index (χ4n) is 4.10. The number of ether oxygens (including phenoxy) is 1. The lowest BCUT2D eigenvalue weighted by atomic mass is 9.76. The van der Waals surface area contributed by atoms with E-state index in [0.29, 0.717) is 13.0 Å². The second-order valence-electron chi connectivity index (χ2n) is 7.42. The number of para-hydroxylation sites is 2. The SMILES string of the molecule is CC(=O)CCN1c2ccccc2C(C)(C)C12C=Cc1ccccc1O2. The Hall–Kier alpha value is -2.55. The number of Topliss-reactive ketones (excluding diaryl/α,β-unsaturated/α-hetero) is 1. The van der Waals surface area contributed by atoms with Gasteiger partial charge in [0, 0.05) is 24.2 Å². The first-order valence-corrected chi connectivity index (χ1v) is 8.79. The van der Waals surface area contributed by atoms with Gasteiger partial charge in [-0.05, 0) is 50.6 Å². The quantitative estimate of drug-likeness (QED) is 0.824. The lowest BCUT2D eigenvalue weighted by molar-refractivity contribution is -0.116. The molecule has 1 spiro atoms. The molecular formula is C22H23NO2. The van der Waals surface area contributed by atoms with Crippen molar-refractivity contribution < 1.29 is 9.53 Å². The highest BCUT2D eigenvalue weighted by Crippen LogP contribution is 2.54. The minimum atomic E-state index is -0.625. The van der Waals surface area contributed by atoms with Crippen LogP contribution in [0.15, 0.2) is 54.6 Å². The van der Waals surface area contributed by atoms with E-state index < -0.39 is 5.72 Å². The van der Waals surface area contributed by atoms with Crippen LogP contribution in [0.5, 0.6) is 5.75 Å². The Morgan fingerprint density at radius 1 is 1.08 bits per heavy atom. The Morgan fingerprint density at radius 3 is 2.60 bits per heavy atom. The van der Waals surface area contributed by atoms with E-state index in [0.717, 1.165) is 17.0 Å². The molecule has 0 fully saturated rings. The minimum Gasteiger partial charge on any atom is -0.463 e. The van der Waals surface area contributed by atoms with Crippen molar-refractivity contribution in [2.75, 3.05) is 11.4 Å². The third-order valence-electron chi connectivity index (χ3n) is 5.53. The summed E-state index contributed by atoms with van der Waals surface area (Å²) in [6.07, 6.45) is 4.81. The van der Waals surface area contributed by atoms with Crippen molar-refractivity contribution in [1.29, 1.82) is 0 Å². The molecule has 0 amide bonds. The molecule has 1 unspecified atom stereocenters. The van der Waals surface area contributed by atoms with Gasteiger partial charge < -0.3 is 9.64 Å². The van der Waals surface area contributed by atoms with E-state index in [1.54, 1.807) is 6.92 Å². The van der Waals surface area contributed by atoms with Crippen molar-refractivity contribution in [2.45, 2.75) is 38.3 Å². The molecule has 0 aromatic heterocycles. The predicted molar refractivity (Wildman–Crippen MR) is 101 cm³/mol. The van der Waals surface area contributed by atoms with E-state index in [1.807, 2.05) is 18.2 Å². The molecule has 2 aromatic carbocycles. The second kappa shape index (κ2) is 5.48. The van der Waals surface area contributed by atoms with E-state index in [2.05, 4.69) is 61.2 Å². The number of nitrogens with zero attached hydrogens (tertiary/aromatic N) is 1. The van der Waals surface area contributed by atoms with Gasteiger partial charge >= 0.3 is 0 Å². The number of fused-ring (bicyclic) bond motifs is 2. The molecule has 0 radical (unpaired) electrons. The summed E-state index contributed by atoms with van der Waals surface area (Å²) in [4.78, 5) is 13.9. The zero-order chi connectivity index (χ0) is 17.7. The first-order valence-electron chi connectivity index (χ1n) is 8.79. The molecule has 0 saturated heterocycles. The highest BCUT2D eigenvalue weighted by atomic mass is 16.5. The van der Waals surface area contributed by atoms with Gasteiger partial charge in [-0.1, -0.05) is 36.4 Å². The normalized spacial score (nSPS) is 22.4. The molecular weight excluding hydrogens is 310 g/mol. The molecule has 2 aromatic rings. The molecule has 2 heterocycles. The molecule has 128 valence electrons. The highest BCUT2D eigenvalue weighted by molar-refractivity contribution is 5.78. The highest BCUT2D eigenvalue weighted by Gasteiger charge is 2.58. The predicted octanol–water partition coefficient (Wildman–Crippen LogP) is 4.57. The van der Waals surface area contributed by atoms with Crippen molar-refractivity contribution in [1.82, 2.24) is 0 Å². The van der Waals surface area contributed by atoms with Gasteiger partial charge in [0.1, 0.15) is 11.5 Å². The van der Waals surface area contributed by atoms with Crippen LogP contribution in [0.25, 0.3) is 6.08 Å². The summed E-state index contributed by atoms with van der Waals surface area (Å²) in [5, 5.41) is 0. The van der Waals surface area contributed by atoms with Crippen LogP contribution >= 0.6 is 0 Å². The largest absolute Gasteiger partial charge is 0.463 e. The monoisotopic (exact) mass is 333 g/mol. The molecule has 4 rings (SSSR count). The summed E-state index contributed by atoms with van der Waals surface area (Å²) in [6.45, 7) is 6.73. The van der Waals surface area contributed by atoms with E-state index in [-0.39, 0.29) is 11.2 Å². The number of hydrogen-bond donors (Lipinski definition) is 0. The second-order valence-corrected chi connectivity index (χ2v) is 7.42. The van der Waals surface area contributed by atoms with Crippen LogP contribution in [-0.2, 0) is 10.2 Å². The van der Waals surface area contributed by atoms with Crippen LogP contribution in [0.4, 0.5) is 5.69 Å². The van der Waals surface area contributed by atoms with Crippen molar-refractivity contribution in [3.63, 3.8) is 0 Å². The summed E-state index contributed by atoms with van der Waals surface area (Å²) in [5.74, 6) is 1.08. The van der Waals surface area contributed by atoms with Crippen LogP contribution in [0, 0.1) is 0 Å². The maximum atomic E-state index is 11.7. The Bertz CT molecular complexity index is 868. The van der Waals surface area contributed by atoms with Crippen LogP contribution in [0.3, 0.4) is 0 Å². The number of carbonyl (C=O) groups is 1. The average Bonchev–Trinajstić information content (AvgIpc) is 2.78. The number of rotatable bonds is 3. The summed E-state index contributed by atoms with van der Waals surface area (Å²) in [6, 6.07) is 16.5. The van der Waals surface area contributed by atoms with Gasteiger partial charge in [0.25, 0.3) is 0 Å². The van der Waals surface area contributed by atoms with Crippen LogP contribution < -0.4 is 9.64 Å².